The highest BCUT2D eigenvalue weighted by Gasteiger charge is 2.29. The molecule has 1 unspecified atom stereocenters. The number of halogens is 1. The van der Waals surface area contributed by atoms with Crippen molar-refractivity contribution in [3.8, 4) is 5.69 Å². The summed E-state index contributed by atoms with van der Waals surface area (Å²) >= 11 is 6.18. The molecule has 0 fully saturated rings. The number of nitrogens with zero attached hydrogens (tertiary/aromatic N) is 4. The lowest BCUT2D eigenvalue weighted by Gasteiger charge is -2.27. The van der Waals surface area contributed by atoms with E-state index < -0.39 is 16.1 Å². The number of nitrogens with one attached hydrogen (secondary N) is 5. The molecule has 2 amide bonds. The number of sulfonamides is 1. The maximum absolute atomic E-state index is 13.1. The first kappa shape index (κ1) is 28.9. The second-order valence-corrected chi connectivity index (χ2v) is 11.8. The third-order valence-electron chi connectivity index (χ3n) is 6.63. The summed E-state index contributed by atoms with van der Waals surface area (Å²) < 4.78 is 34.5. The fraction of sp³-hybridized carbons (Fsp3) is 0.269. The molecule has 0 aliphatic carbocycles. The molecule has 14 nitrogen and oxygen atoms in total. The lowest BCUT2D eigenvalue weighted by atomic mass is 10.1. The number of hydrogen-bond acceptors (Lipinski definition) is 10. The van der Waals surface area contributed by atoms with Gasteiger partial charge in [0, 0.05) is 34.1 Å². The number of rotatable bonds is 5. The van der Waals surface area contributed by atoms with E-state index in [-0.39, 0.29) is 29.6 Å². The van der Waals surface area contributed by atoms with Crippen LogP contribution in [0.2, 0.25) is 5.02 Å². The summed E-state index contributed by atoms with van der Waals surface area (Å²) in [5.41, 5.74) is 3.10. The highest BCUT2D eigenvalue weighted by atomic mass is 35.5. The Kier molecular flexibility index (Phi) is 8.59. The Morgan fingerprint density at radius 1 is 1.19 bits per heavy atom. The second-order valence-electron chi connectivity index (χ2n) is 9.55. The molecule has 3 heterocycles. The van der Waals surface area contributed by atoms with Gasteiger partial charge in [0.25, 0.3) is 0 Å². The maximum Gasteiger partial charge on any atom is 0.411 e. The van der Waals surface area contributed by atoms with Gasteiger partial charge in [-0.15, -0.1) is 5.10 Å². The van der Waals surface area contributed by atoms with Gasteiger partial charge in [0.2, 0.25) is 15.9 Å². The number of carbonyl (C=O) groups is 2. The first-order valence-corrected chi connectivity index (χ1v) is 15.0. The number of anilines is 2. The van der Waals surface area contributed by atoms with Crippen LogP contribution in [-0.2, 0) is 19.6 Å². The van der Waals surface area contributed by atoms with Gasteiger partial charge in [0.15, 0.2) is 0 Å². The van der Waals surface area contributed by atoms with Gasteiger partial charge in [-0.25, -0.2) is 13.2 Å². The van der Waals surface area contributed by atoms with E-state index in [1.807, 2.05) is 0 Å². The molecule has 2 bridgehead atoms. The Bertz CT molecular complexity index is 1640. The molecule has 220 valence electrons. The molecule has 0 saturated heterocycles. The van der Waals surface area contributed by atoms with E-state index in [9.17, 15) is 18.0 Å². The van der Waals surface area contributed by atoms with Crippen LogP contribution >= 0.6 is 11.6 Å². The Morgan fingerprint density at radius 3 is 2.83 bits per heavy atom. The average molecular weight is 614 g/mol. The number of aromatic nitrogens is 4. The molecule has 1 aromatic heterocycles. The number of fused-ring (bicyclic) bond motifs is 4. The van der Waals surface area contributed by atoms with Crippen LogP contribution in [0.5, 0.6) is 0 Å². The second kappa shape index (κ2) is 12.5. The Hall–Kier alpha value is -4.63. The van der Waals surface area contributed by atoms with Crippen LogP contribution in [0, 0.1) is 0 Å². The first-order valence-electron chi connectivity index (χ1n) is 12.9. The maximum atomic E-state index is 13.1. The predicted octanol–water partition coefficient (Wildman–Crippen LogP) is 2.44. The molecule has 5 N–H and O–H groups in total. The summed E-state index contributed by atoms with van der Waals surface area (Å²) in [6.45, 7) is 0. The van der Waals surface area contributed by atoms with Crippen LogP contribution in [0.1, 0.15) is 30.4 Å². The van der Waals surface area contributed by atoms with Crippen molar-refractivity contribution in [3.63, 3.8) is 0 Å². The summed E-state index contributed by atoms with van der Waals surface area (Å²) in [7, 11) is -2.46. The normalized spacial score (nSPS) is 19.5. The van der Waals surface area contributed by atoms with Gasteiger partial charge >= 0.3 is 6.09 Å². The van der Waals surface area contributed by atoms with Crippen molar-refractivity contribution in [2.24, 2.45) is 0 Å². The van der Waals surface area contributed by atoms with Gasteiger partial charge in [0.1, 0.15) is 12.5 Å². The number of hydrogen-bond donors (Lipinski definition) is 5. The minimum atomic E-state index is -3.69. The lowest BCUT2D eigenvalue weighted by molar-refractivity contribution is -0.117. The lowest BCUT2D eigenvalue weighted by Crippen LogP contribution is -2.52. The number of benzene rings is 2. The molecule has 0 saturated carbocycles. The molecule has 16 heteroatoms. The van der Waals surface area contributed by atoms with Crippen LogP contribution in [0.25, 0.3) is 17.5 Å². The quantitative estimate of drug-likeness (QED) is 0.268. The van der Waals surface area contributed by atoms with E-state index in [0.717, 1.165) is 0 Å². The van der Waals surface area contributed by atoms with E-state index in [1.54, 1.807) is 42.6 Å². The van der Waals surface area contributed by atoms with E-state index in [1.165, 1.54) is 30.3 Å². The number of ether oxygens (including phenoxy) is 1. The average Bonchev–Trinajstić information content (AvgIpc) is 3.66. The molecule has 2 atom stereocenters. The summed E-state index contributed by atoms with van der Waals surface area (Å²) in [5, 5.41) is 23.9. The third kappa shape index (κ3) is 6.98. The van der Waals surface area contributed by atoms with E-state index in [0.29, 0.717) is 52.5 Å². The fourth-order valence-electron chi connectivity index (χ4n) is 4.64. The third-order valence-corrected chi connectivity index (χ3v) is 8.23. The highest BCUT2D eigenvalue weighted by molar-refractivity contribution is 7.92. The zero-order chi connectivity index (χ0) is 29.7. The number of tetrazole rings is 1. The van der Waals surface area contributed by atoms with Crippen LogP contribution in [0.15, 0.2) is 55.0 Å². The Balaban J connectivity index is 1.35. The molecular weight excluding hydrogens is 586 g/mol. The zero-order valence-corrected chi connectivity index (χ0v) is 23.9. The Labute approximate surface area is 246 Å². The highest BCUT2D eigenvalue weighted by Crippen LogP contribution is 2.30. The monoisotopic (exact) mass is 613 g/mol. The summed E-state index contributed by atoms with van der Waals surface area (Å²) in [4.78, 5) is 24.8. The number of amides is 2. The molecule has 42 heavy (non-hydrogen) atoms. The molecule has 0 spiro atoms. The van der Waals surface area contributed by atoms with Crippen LogP contribution < -0.4 is 26.0 Å². The van der Waals surface area contributed by atoms with Gasteiger partial charge in [0.05, 0.1) is 36.0 Å². The van der Waals surface area contributed by atoms with Crippen molar-refractivity contribution in [2.45, 2.75) is 31.5 Å². The van der Waals surface area contributed by atoms with Gasteiger partial charge in [-0.05, 0) is 65.7 Å². The van der Waals surface area contributed by atoms with Gasteiger partial charge in [-0.2, -0.15) is 4.68 Å². The van der Waals surface area contributed by atoms with E-state index in [4.69, 9.17) is 11.6 Å². The Morgan fingerprint density at radius 2 is 2.05 bits per heavy atom. The van der Waals surface area contributed by atoms with Crippen LogP contribution in [0.4, 0.5) is 16.2 Å². The van der Waals surface area contributed by atoms with Crippen molar-refractivity contribution in [3.05, 3.63) is 71.2 Å². The van der Waals surface area contributed by atoms with Crippen LogP contribution in [-0.4, -0.2) is 65.7 Å². The number of carbonyl (C=O) groups excluding carboxylic acids is 2. The van der Waals surface area contributed by atoms with E-state index >= 15 is 0 Å². The van der Waals surface area contributed by atoms with Gasteiger partial charge in [-0.1, -0.05) is 18.0 Å². The van der Waals surface area contributed by atoms with Crippen molar-refractivity contribution in [1.82, 2.24) is 36.2 Å². The SMILES string of the molecule is COC(=O)Nc1ccc2c(c1)NS(=O)(=O)CCCC[C@H](NC(=O)/C=C/c1cc(Cl)ccc1-n1cnnn1)C1NC=C2N1. The van der Waals surface area contributed by atoms with E-state index in [2.05, 4.69) is 46.3 Å². The molecular formula is C26H28ClN9O5S. The van der Waals surface area contributed by atoms with Crippen molar-refractivity contribution < 1.29 is 22.7 Å². The summed E-state index contributed by atoms with van der Waals surface area (Å²) in [5.74, 6) is -0.457. The van der Waals surface area contributed by atoms with Crippen molar-refractivity contribution in [1.29, 1.82) is 0 Å². The molecule has 2 aliphatic rings. The molecule has 2 aliphatic heterocycles. The predicted molar refractivity (Wildman–Crippen MR) is 157 cm³/mol. The van der Waals surface area contributed by atoms with Crippen molar-refractivity contribution in [2.75, 3.05) is 22.9 Å². The van der Waals surface area contributed by atoms with Crippen molar-refractivity contribution >= 4 is 56.8 Å². The number of methoxy groups -OCH3 is 1. The topological polar surface area (TPSA) is 181 Å². The summed E-state index contributed by atoms with van der Waals surface area (Å²) in [6, 6.07) is 9.61. The zero-order valence-electron chi connectivity index (χ0n) is 22.4. The largest absolute Gasteiger partial charge is 0.453 e. The van der Waals surface area contributed by atoms with Gasteiger partial charge in [-0.3, -0.25) is 14.8 Å². The van der Waals surface area contributed by atoms with Gasteiger partial charge < -0.3 is 20.7 Å². The minimum absolute atomic E-state index is 0.110. The molecule has 2 aromatic carbocycles. The van der Waals surface area contributed by atoms with Crippen LogP contribution in [0.3, 0.4) is 0 Å². The molecule has 5 rings (SSSR count). The minimum Gasteiger partial charge on any atom is -0.453 e. The molecule has 3 aromatic rings. The fourth-order valence-corrected chi connectivity index (χ4v) is 6.01. The first-order chi connectivity index (χ1) is 20.2. The molecule has 0 radical (unpaired) electrons. The standard InChI is InChI=1S/C26H28ClN9O5S/c1-41-26(38)30-18-7-8-19-21(13-18)33-42(39,40)11-3-2-4-20(25-28-14-22(19)32-25)31-24(37)10-5-16-12-17(27)6-9-23(16)36-15-29-34-35-36/h5-10,12-15,20,25,28,32-33H,2-4,11H2,1H3,(H,30,38)(H,31,37)/b10-5+/t20-,25?/m0/s1. The summed E-state index contributed by atoms with van der Waals surface area (Å²) in [6.07, 6.45) is 6.58. The smallest absolute Gasteiger partial charge is 0.411 e.